The van der Waals surface area contributed by atoms with Crippen molar-refractivity contribution in [3.63, 3.8) is 0 Å². The first-order valence-corrected chi connectivity index (χ1v) is 9.34. The smallest absolute Gasteiger partial charge is 0.253 e. The van der Waals surface area contributed by atoms with Crippen LogP contribution in [0.2, 0.25) is 0 Å². The lowest BCUT2D eigenvalue weighted by Crippen LogP contribution is -2.26. The van der Waals surface area contributed by atoms with Crippen LogP contribution in [0, 0.1) is 5.82 Å². The molecule has 0 aromatic heterocycles. The third-order valence-electron chi connectivity index (χ3n) is 3.31. The van der Waals surface area contributed by atoms with Gasteiger partial charge in [0.1, 0.15) is 5.82 Å². The van der Waals surface area contributed by atoms with E-state index in [1.807, 2.05) is 0 Å². The van der Waals surface area contributed by atoms with E-state index in [0.29, 0.717) is 19.4 Å². The van der Waals surface area contributed by atoms with Gasteiger partial charge in [-0.25, -0.2) is 12.8 Å². The summed E-state index contributed by atoms with van der Waals surface area (Å²) in [6.07, 6.45) is 2.44. The maximum atomic E-state index is 12.8. The number of rotatable bonds is 7. The molecular weight excluding hydrogens is 331 g/mol. The second kappa shape index (κ2) is 7.92. The van der Waals surface area contributed by atoms with Crippen molar-refractivity contribution in [2.24, 2.45) is 0 Å². The number of benzene rings is 2. The Morgan fingerprint density at radius 2 is 1.75 bits per heavy atom. The number of hydrogen-bond donors (Lipinski definition) is 2. The zero-order valence-electron chi connectivity index (χ0n) is 13.3. The molecule has 0 atom stereocenters. The molecule has 0 spiro atoms. The molecule has 0 aliphatic rings. The molecule has 0 fully saturated rings. The molecule has 0 unspecified atom stereocenters. The SMILES string of the molecule is CS(=O)(=O)Nc1ccccc1C(=O)NCCCc1ccc(F)cc1. The highest BCUT2D eigenvalue weighted by atomic mass is 32.2. The first-order chi connectivity index (χ1) is 11.3. The van der Waals surface area contributed by atoms with Crippen molar-refractivity contribution in [1.29, 1.82) is 0 Å². The van der Waals surface area contributed by atoms with Gasteiger partial charge in [-0.3, -0.25) is 9.52 Å². The topological polar surface area (TPSA) is 75.3 Å². The van der Waals surface area contributed by atoms with Crippen LogP contribution in [0.1, 0.15) is 22.3 Å². The minimum atomic E-state index is -3.46. The lowest BCUT2D eigenvalue weighted by Gasteiger charge is -2.11. The van der Waals surface area contributed by atoms with Crippen LogP contribution >= 0.6 is 0 Å². The number of aryl methyl sites for hydroxylation is 1. The summed E-state index contributed by atoms with van der Waals surface area (Å²) in [5.41, 5.74) is 1.51. The Kier molecular flexibility index (Phi) is 5.92. The van der Waals surface area contributed by atoms with Crippen LogP contribution in [-0.2, 0) is 16.4 Å². The molecule has 0 bridgehead atoms. The van der Waals surface area contributed by atoms with Gasteiger partial charge in [0.05, 0.1) is 17.5 Å². The quantitative estimate of drug-likeness (QED) is 0.754. The summed E-state index contributed by atoms with van der Waals surface area (Å²) in [5.74, 6) is -0.622. The minimum Gasteiger partial charge on any atom is -0.352 e. The first kappa shape index (κ1) is 17.9. The molecule has 2 aromatic rings. The van der Waals surface area contributed by atoms with Crippen molar-refractivity contribution in [3.8, 4) is 0 Å². The molecule has 0 radical (unpaired) electrons. The fourth-order valence-electron chi connectivity index (χ4n) is 2.21. The summed E-state index contributed by atoms with van der Waals surface area (Å²) in [5, 5.41) is 2.76. The van der Waals surface area contributed by atoms with Crippen LogP contribution in [-0.4, -0.2) is 27.1 Å². The Morgan fingerprint density at radius 1 is 1.08 bits per heavy atom. The third kappa shape index (κ3) is 5.66. The summed E-state index contributed by atoms with van der Waals surface area (Å²) >= 11 is 0. The van der Waals surface area contributed by atoms with Crippen molar-refractivity contribution in [2.75, 3.05) is 17.5 Å². The Morgan fingerprint density at radius 3 is 2.42 bits per heavy atom. The van der Waals surface area contributed by atoms with Gasteiger partial charge in [-0.05, 0) is 42.7 Å². The molecule has 128 valence electrons. The number of carbonyl (C=O) groups is 1. The van der Waals surface area contributed by atoms with E-state index in [-0.39, 0.29) is 23.0 Å². The lowest BCUT2D eigenvalue weighted by atomic mass is 10.1. The maximum Gasteiger partial charge on any atom is 0.253 e. The van der Waals surface area contributed by atoms with Gasteiger partial charge < -0.3 is 5.32 Å². The van der Waals surface area contributed by atoms with Gasteiger partial charge >= 0.3 is 0 Å². The maximum absolute atomic E-state index is 12.8. The highest BCUT2D eigenvalue weighted by Crippen LogP contribution is 2.16. The molecule has 5 nitrogen and oxygen atoms in total. The van der Waals surface area contributed by atoms with E-state index >= 15 is 0 Å². The van der Waals surface area contributed by atoms with Gasteiger partial charge in [-0.15, -0.1) is 0 Å². The van der Waals surface area contributed by atoms with Crippen LogP contribution in [0.4, 0.5) is 10.1 Å². The zero-order valence-corrected chi connectivity index (χ0v) is 14.1. The standard InChI is InChI=1S/C17H19FN2O3S/c1-24(22,23)20-16-7-3-2-6-15(16)17(21)19-12-4-5-13-8-10-14(18)11-9-13/h2-3,6-11,20H,4-5,12H2,1H3,(H,19,21). The van der Waals surface area contributed by atoms with Gasteiger partial charge in [0.2, 0.25) is 10.0 Å². The second-order valence-electron chi connectivity index (χ2n) is 5.41. The summed E-state index contributed by atoms with van der Waals surface area (Å²) < 4.78 is 37.8. The van der Waals surface area contributed by atoms with Crippen molar-refractivity contribution < 1.29 is 17.6 Å². The van der Waals surface area contributed by atoms with Crippen LogP contribution in [0.25, 0.3) is 0 Å². The molecule has 1 amide bonds. The summed E-state index contributed by atoms with van der Waals surface area (Å²) in [6, 6.07) is 12.6. The lowest BCUT2D eigenvalue weighted by molar-refractivity contribution is 0.0954. The highest BCUT2D eigenvalue weighted by molar-refractivity contribution is 7.92. The molecule has 0 heterocycles. The molecule has 24 heavy (non-hydrogen) atoms. The molecule has 7 heteroatoms. The number of sulfonamides is 1. The molecule has 0 aliphatic heterocycles. The molecule has 2 rings (SSSR count). The number of hydrogen-bond acceptors (Lipinski definition) is 3. The summed E-state index contributed by atoms with van der Waals surface area (Å²) in [4.78, 5) is 12.2. The number of amides is 1. The number of anilines is 1. The monoisotopic (exact) mass is 350 g/mol. The molecule has 0 saturated carbocycles. The van der Waals surface area contributed by atoms with Crippen LogP contribution in [0.5, 0.6) is 0 Å². The number of carbonyl (C=O) groups excluding carboxylic acids is 1. The normalized spacial score (nSPS) is 11.1. The van der Waals surface area contributed by atoms with Gasteiger partial charge in [0.25, 0.3) is 5.91 Å². The molecular formula is C17H19FN2O3S. The predicted molar refractivity (Wildman–Crippen MR) is 92.0 cm³/mol. The summed E-state index contributed by atoms with van der Waals surface area (Å²) in [7, 11) is -3.46. The van der Waals surface area contributed by atoms with E-state index < -0.39 is 10.0 Å². The largest absolute Gasteiger partial charge is 0.352 e. The molecule has 0 saturated heterocycles. The molecule has 0 aliphatic carbocycles. The van der Waals surface area contributed by atoms with E-state index in [1.165, 1.54) is 18.2 Å². The third-order valence-corrected chi connectivity index (χ3v) is 3.90. The Bertz CT molecular complexity index is 805. The van der Waals surface area contributed by atoms with Gasteiger partial charge in [-0.1, -0.05) is 24.3 Å². The van der Waals surface area contributed by atoms with Crippen LogP contribution in [0.3, 0.4) is 0 Å². The minimum absolute atomic E-state index is 0.246. The van der Waals surface area contributed by atoms with E-state index in [9.17, 15) is 17.6 Å². The van der Waals surface area contributed by atoms with Crippen molar-refractivity contribution in [1.82, 2.24) is 5.32 Å². The highest BCUT2D eigenvalue weighted by Gasteiger charge is 2.13. The van der Waals surface area contributed by atoms with E-state index in [2.05, 4.69) is 10.0 Å². The van der Waals surface area contributed by atoms with E-state index in [0.717, 1.165) is 11.8 Å². The van der Waals surface area contributed by atoms with Crippen molar-refractivity contribution >= 4 is 21.6 Å². The van der Waals surface area contributed by atoms with Crippen LogP contribution in [0.15, 0.2) is 48.5 Å². The second-order valence-corrected chi connectivity index (χ2v) is 7.15. The number of halogens is 1. The average molecular weight is 350 g/mol. The predicted octanol–water partition coefficient (Wildman–Crippen LogP) is 2.56. The van der Waals surface area contributed by atoms with Crippen molar-refractivity contribution in [3.05, 3.63) is 65.5 Å². The van der Waals surface area contributed by atoms with Gasteiger partial charge in [0.15, 0.2) is 0 Å². The van der Waals surface area contributed by atoms with E-state index in [1.54, 1.807) is 30.3 Å². The average Bonchev–Trinajstić information content (AvgIpc) is 2.52. The molecule has 2 N–H and O–H groups in total. The van der Waals surface area contributed by atoms with Crippen LogP contribution < -0.4 is 10.0 Å². The number of nitrogens with one attached hydrogen (secondary N) is 2. The van der Waals surface area contributed by atoms with E-state index in [4.69, 9.17) is 0 Å². The molecule has 2 aromatic carbocycles. The van der Waals surface area contributed by atoms with Gasteiger partial charge in [0, 0.05) is 6.54 Å². The Hall–Kier alpha value is -2.41. The zero-order chi connectivity index (χ0) is 17.6. The fraction of sp³-hybridized carbons (Fsp3) is 0.235. The number of para-hydroxylation sites is 1. The summed E-state index contributed by atoms with van der Waals surface area (Å²) in [6.45, 7) is 0.434. The Labute approximate surface area is 141 Å². The van der Waals surface area contributed by atoms with Crippen molar-refractivity contribution in [2.45, 2.75) is 12.8 Å². The van der Waals surface area contributed by atoms with Gasteiger partial charge in [-0.2, -0.15) is 0 Å². The fourth-order valence-corrected chi connectivity index (χ4v) is 2.79. The first-order valence-electron chi connectivity index (χ1n) is 7.44. The Balaban J connectivity index is 1.90.